The molecule has 0 aliphatic rings. The number of halogens is 5. The molecule has 1 atom stereocenters. The number of alkyl halides is 1. The van der Waals surface area contributed by atoms with Gasteiger partial charge in [-0.25, -0.2) is 8.78 Å². The van der Waals surface area contributed by atoms with Crippen LogP contribution in [0.1, 0.15) is 22.1 Å². The Balaban J connectivity index is 2.53. The summed E-state index contributed by atoms with van der Waals surface area (Å²) in [7, 11) is 0. The molecule has 0 nitrogen and oxygen atoms in total. The number of aryl methyl sites for hydroxylation is 1. The third-order valence-electron chi connectivity index (χ3n) is 2.81. The second kappa shape index (κ2) is 5.66. The van der Waals surface area contributed by atoms with Crippen LogP contribution >= 0.6 is 34.8 Å². The summed E-state index contributed by atoms with van der Waals surface area (Å²) in [4.78, 5) is 0. The lowest BCUT2D eigenvalue weighted by molar-refractivity contribution is 0.507. The molecule has 1 unspecified atom stereocenters. The van der Waals surface area contributed by atoms with Crippen molar-refractivity contribution < 1.29 is 8.78 Å². The van der Waals surface area contributed by atoms with E-state index in [-0.39, 0.29) is 10.6 Å². The van der Waals surface area contributed by atoms with Crippen LogP contribution in [-0.2, 0) is 0 Å². The normalized spacial score (nSPS) is 12.5. The molecule has 0 saturated carbocycles. The zero-order valence-corrected chi connectivity index (χ0v) is 12.1. The molecule has 0 N–H and O–H groups in total. The summed E-state index contributed by atoms with van der Waals surface area (Å²) in [5.41, 5.74) is 1.74. The van der Waals surface area contributed by atoms with Crippen molar-refractivity contribution in [2.45, 2.75) is 12.3 Å². The fourth-order valence-electron chi connectivity index (χ4n) is 1.77. The largest absolute Gasteiger partial charge is 0.204 e. The zero-order chi connectivity index (χ0) is 14.2. The van der Waals surface area contributed by atoms with Gasteiger partial charge in [0, 0.05) is 10.0 Å². The van der Waals surface area contributed by atoms with Crippen molar-refractivity contribution in [1.29, 1.82) is 0 Å². The summed E-state index contributed by atoms with van der Waals surface area (Å²) in [6.45, 7) is 1.84. The number of hydrogen-bond donors (Lipinski definition) is 0. The molecular weight excluding hydrogens is 313 g/mol. The molecule has 2 aromatic carbocycles. The first-order valence-electron chi connectivity index (χ1n) is 5.45. The van der Waals surface area contributed by atoms with Gasteiger partial charge in [-0.15, -0.1) is 11.6 Å². The number of rotatable bonds is 2. The maximum Gasteiger partial charge on any atom is 0.160 e. The van der Waals surface area contributed by atoms with Crippen molar-refractivity contribution in [3.05, 3.63) is 68.7 Å². The van der Waals surface area contributed by atoms with Crippen molar-refractivity contribution in [2.24, 2.45) is 0 Å². The number of hydrogen-bond acceptors (Lipinski definition) is 0. The van der Waals surface area contributed by atoms with E-state index in [1.807, 2.05) is 13.0 Å². The maximum atomic E-state index is 13.3. The highest BCUT2D eigenvalue weighted by Gasteiger charge is 2.20. The minimum atomic E-state index is -1.01. The molecule has 0 spiro atoms. The SMILES string of the molecule is Cc1cccc(C(Cl)c2cc(F)c(F)cc2Cl)c1Cl. The topological polar surface area (TPSA) is 0 Å². The highest BCUT2D eigenvalue weighted by Crippen LogP contribution is 2.38. The molecule has 0 bridgehead atoms. The van der Waals surface area contributed by atoms with E-state index in [1.165, 1.54) is 0 Å². The van der Waals surface area contributed by atoms with Crippen LogP contribution < -0.4 is 0 Å². The summed E-state index contributed by atoms with van der Waals surface area (Å²) in [6.07, 6.45) is 0. The lowest BCUT2D eigenvalue weighted by Crippen LogP contribution is -1.99. The van der Waals surface area contributed by atoms with Crippen LogP contribution in [0.2, 0.25) is 10.0 Å². The molecule has 2 aromatic rings. The van der Waals surface area contributed by atoms with Crippen molar-refractivity contribution in [2.75, 3.05) is 0 Å². The summed E-state index contributed by atoms with van der Waals surface area (Å²) >= 11 is 18.4. The van der Waals surface area contributed by atoms with E-state index in [1.54, 1.807) is 12.1 Å². The predicted octanol–water partition coefficient (Wildman–Crippen LogP) is 5.91. The molecule has 0 saturated heterocycles. The van der Waals surface area contributed by atoms with E-state index in [0.29, 0.717) is 10.6 Å². The van der Waals surface area contributed by atoms with Gasteiger partial charge in [0.05, 0.1) is 5.38 Å². The highest BCUT2D eigenvalue weighted by molar-refractivity contribution is 6.35. The lowest BCUT2D eigenvalue weighted by Gasteiger charge is -2.15. The second-order valence-electron chi connectivity index (χ2n) is 4.13. The second-order valence-corrected chi connectivity index (χ2v) is 5.35. The average Bonchev–Trinajstić information content (AvgIpc) is 2.36. The molecule has 5 heteroatoms. The van der Waals surface area contributed by atoms with Crippen LogP contribution in [0.3, 0.4) is 0 Å². The van der Waals surface area contributed by atoms with Gasteiger partial charge in [0.25, 0.3) is 0 Å². The molecule has 0 fully saturated rings. The quantitative estimate of drug-likeness (QED) is 0.476. The van der Waals surface area contributed by atoms with E-state index in [4.69, 9.17) is 34.8 Å². The Kier molecular flexibility index (Phi) is 4.34. The van der Waals surface area contributed by atoms with Gasteiger partial charge in [-0.05, 0) is 35.7 Å². The zero-order valence-electron chi connectivity index (χ0n) is 9.85. The van der Waals surface area contributed by atoms with Crippen LogP contribution in [0.15, 0.2) is 30.3 Å². The fraction of sp³-hybridized carbons (Fsp3) is 0.143. The lowest BCUT2D eigenvalue weighted by atomic mass is 10.0. The molecule has 0 radical (unpaired) electrons. The predicted molar refractivity (Wildman–Crippen MR) is 75.3 cm³/mol. The third kappa shape index (κ3) is 2.86. The van der Waals surface area contributed by atoms with Gasteiger partial charge in [-0.3, -0.25) is 0 Å². The van der Waals surface area contributed by atoms with Gasteiger partial charge in [0.1, 0.15) is 0 Å². The van der Waals surface area contributed by atoms with Gasteiger partial charge in [0.2, 0.25) is 0 Å². The Morgan fingerprint density at radius 1 is 1.00 bits per heavy atom. The fourth-order valence-corrected chi connectivity index (χ4v) is 2.73. The molecule has 0 amide bonds. The van der Waals surface area contributed by atoms with Gasteiger partial charge < -0.3 is 0 Å². The van der Waals surface area contributed by atoms with Crippen molar-refractivity contribution in [3.8, 4) is 0 Å². The Labute approximate surface area is 124 Å². The Hall–Kier alpha value is -0.830. The van der Waals surface area contributed by atoms with Crippen LogP contribution in [-0.4, -0.2) is 0 Å². The Morgan fingerprint density at radius 3 is 2.32 bits per heavy atom. The van der Waals surface area contributed by atoms with E-state index in [0.717, 1.165) is 17.7 Å². The first-order valence-corrected chi connectivity index (χ1v) is 6.64. The van der Waals surface area contributed by atoms with E-state index >= 15 is 0 Å². The Bertz CT molecular complexity index is 626. The molecule has 0 aliphatic carbocycles. The van der Waals surface area contributed by atoms with Gasteiger partial charge in [0.15, 0.2) is 11.6 Å². The molecule has 0 aliphatic heterocycles. The molecule has 19 heavy (non-hydrogen) atoms. The van der Waals surface area contributed by atoms with Crippen molar-refractivity contribution >= 4 is 34.8 Å². The Morgan fingerprint density at radius 2 is 1.63 bits per heavy atom. The summed E-state index contributed by atoms with van der Waals surface area (Å²) in [6, 6.07) is 7.26. The molecule has 2 rings (SSSR count). The van der Waals surface area contributed by atoms with E-state index in [9.17, 15) is 8.78 Å². The van der Waals surface area contributed by atoms with Crippen LogP contribution in [0, 0.1) is 18.6 Å². The van der Waals surface area contributed by atoms with E-state index in [2.05, 4.69) is 0 Å². The molecular formula is C14H9Cl3F2. The monoisotopic (exact) mass is 320 g/mol. The summed E-state index contributed by atoms with van der Waals surface area (Å²) < 4.78 is 26.3. The van der Waals surface area contributed by atoms with Crippen molar-refractivity contribution in [1.82, 2.24) is 0 Å². The van der Waals surface area contributed by atoms with Gasteiger partial charge in [-0.1, -0.05) is 41.4 Å². The summed E-state index contributed by atoms with van der Waals surface area (Å²) in [5.74, 6) is -2.00. The van der Waals surface area contributed by atoms with E-state index < -0.39 is 17.0 Å². The molecule has 100 valence electrons. The molecule has 0 heterocycles. The number of benzene rings is 2. The van der Waals surface area contributed by atoms with Crippen molar-refractivity contribution in [3.63, 3.8) is 0 Å². The van der Waals surface area contributed by atoms with Gasteiger partial charge >= 0.3 is 0 Å². The smallest absolute Gasteiger partial charge is 0.160 e. The third-order valence-corrected chi connectivity index (χ3v) is 4.12. The average molecular weight is 322 g/mol. The minimum absolute atomic E-state index is 0.0662. The standard InChI is InChI=1S/C14H9Cl3F2/c1-7-3-2-4-8(13(7)16)14(17)9-5-11(18)12(19)6-10(9)15/h2-6,14H,1H3. The molecule has 0 aromatic heterocycles. The first kappa shape index (κ1) is 14.6. The maximum absolute atomic E-state index is 13.3. The van der Waals surface area contributed by atoms with Gasteiger partial charge in [-0.2, -0.15) is 0 Å². The minimum Gasteiger partial charge on any atom is -0.204 e. The first-order chi connectivity index (χ1) is 8.91. The highest BCUT2D eigenvalue weighted by atomic mass is 35.5. The van der Waals surface area contributed by atoms with Crippen LogP contribution in [0.25, 0.3) is 0 Å². The summed E-state index contributed by atoms with van der Waals surface area (Å²) in [5, 5.41) is -0.185. The van der Waals surface area contributed by atoms with Crippen LogP contribution in [0.5, 0.6) is 0 Å². The van der Waals surface area contributed by atoms with Crippen LogP contribution in [0.4, 0.5) is 8.78 Å².